The second-order valence-corrected chi connectivity index (χ2v) is 5.63. The van der Waals surface area contributed by atoms with Crippen molar-refractivity contribution in [1.82, 2.24) is 0 Å². The molecule has 0 heterocycles. The van der Waals surface area contributed by atoms with E-state index in [2.05, 4.69) is 31.9 Å². The van der Waals surface area contributed by atoms with E-state index in [-0.39, 0.29) is 5.75 Å². The van der Waals surface area contributed by atoms with Crippen molar-refractivity contribution in [1.29, 1.82) is 0 Å². The van der Waals surface area contributed by atoms with Gasteiger partial charge >= 0.3 is 0 Å². The fourth-order valence-corrected chi connectivity index (χ4v) is 2.43. The molecule has 0 aliphatic carbocycles. The van der Waals surface area contributed by atoms with Crippen LogP contribution in [-0.4, -0.2) is 0 Å². The first-order valence-corrected chi connectivity index (χ1v) is 6.81. The maximum Gasteiger partial charge on any atom is 0.153 e. The van der Waals surface area contributed by atoms with Crippen LogP contribution in [0.1, 0.15) is 0 Å². The summed E-state index contributed by atoms with van der Waals surface area (Å²) in [5.41, 5.74) is 6.09. The molecule has 0 aliphatic rings. The van der Waals surface area contributed by atoms with Crippen LogP contribution in [0.3, 0.4) is 0 Å². The van der Waals surface area contributed by atoms with Crippen LogP contribution in [0.25, 0.3) is 0 Å². The fraction of sp³-hybridized carbons (Fsp3) is 0. The third-order valence-electron chi connectivity index (χ3n) is 2.17. The second-order valence-electron chi connectivity index (χ2n) is 3.48. The monoisotopic (exact) mass is 393 g/mol. The molecule has 0 bridgehead atoms. The fourth-order valence-electron chi connectivity index (χ4n) is 1.31. The Morgan fingerprint density at radius 3 is 2.44 bits per heavy atom. The van der Waals surface area contributed by atoms with Crippen molar-refractivity contribution in [2.45, 2.75) is 0 Å². The van der Waals surface area contributed by atoms with Gasteiger partial charge in [0.15, 0.2) is 5.75 Å². The molecule has 2 N–H and O–H groups in total. The molecule has 0 radical (unpaired) electrons. The van der Waals surface area contributed by atoms with Crippen LogP contribution >= 0.6 is 43.5 Å². The zero-order valence-corrected chi connectivity index (χ0v) is 12.8. The lowest BCUT2D eigenvalue weighted by atomic mass is 10.3. The minimum Gasteiger partial charge on any atom is -0.454 e. The Morgan fingerprint density at radius 1 is 1.06 bits per heavy atom. The lowest BCUT2D eigenvalue weighted by Gasteiger charge is -2.11. The number of hydrogen-bond donors (Lipinski definition) is 1. The van der Waals surface area contributed by atoms with Crippen molar-refractivity contribution in [3.63, 3.8) is 0 Å². The molecular weight excluding hydrogens is 388 g/mol. The molecule has 6 heteroatoms. The van der Waals surface area contributed by atoms with Crippen molar-refractivity contribution in [3.05, 3.63) is 50.1 Å². The molecule has 0 amide bonds. The van der Waals surface area contributed by atoms with Gasteiger partial charge in [-0.25, -0.2) is 4.39 Å². The van der Waals surface area contributed by atoms with Gasteiger partial charge in [-0.2, -0.15) is 0 Å². The number of benzene rings is 2. The van der Waals surface area contributed by atoms with Crippen LogP contribution in [0.5, 0.6) is 11.5 Å². The average molecular weight is 395 g/mol. The van der Waals surface area contributed by atoms with Crippen molar-refractivity contribution in [2.24, 2.45) is 0 Å². The Kier molecular flexibility index (Phi) is 4.14. The molecule has 18 heavy (non-hydrogen) atoms. The van der Waals surface area contributed by atoms with E-state index in [9.17, 15) is 4.39 Å². The van der Waals surface area contributed by atoms with Gasteiger partial charge in [-0.05, 0) is 56.1 Å². The van der Waals surface area contributed by atoms with Gasteiger partial charge in [-0.15, -0.1) is 0 Å². The highest BCUT2D eigenvalue weighted by Crippen LogP contribution is 2.36. The predicted octanol–water partition coefficient (Wildman–Crippen LogP) is 5.38. The van der Waals surface area contributed by atoms with Gasteiger partial charge in [0.25, 0.3) is 0 Å². The van der Waals surface area contributed by atoms with E-state index >= 15 is 0 Å². The first-order chi connectivity index (χ1) is 8.47. The first kappa shape index (κ1) is 13.6. The van der Waals surface area contributed by atoms with Gasteiger partial charge in [-0.1, -0.05) is 11.6 Å². The van der Waals surface area contributed by atoms with Crippen molar-refractivity contribution >= 4 is 49.1 Å². The van der Waals surface area contributed by atoms with Crippen LogP contribution in [0.4, 0.5) is 10.1 Å². The summed E-state index contributed by atoms with van der Waals surface area (Å²) in [5.74, 6) is 0.316. The molecule has 0 aliphatic heterocycles. The maximum absolute atomic E-state index is 13.4. The largest absolute Gasteiger partial charge is 0.454 e. The van der Waals surface area contributed by atoms with Gasteiger partial charge in [-0.3, -0.25) is 0 Å². The smallest absolute Gasteiger partial charge is 0.153 e. The Hall–Kier alpha value is -0.780. The van der Waals surface area contributed by atoms with Crippen molar-refractivity contribution in [2.75, 3.05) is 5.73 Å². The summed E-state index contributed by atoms with van der Waals surface area (Å²) in [7, 11) is 0. The maximum atomic E-state index is 13.4. The molecule has 0 unspecified atom stereocenters. The topological polar surface area (TPSA) is 35.2 Å². The molecule has 2 aromatic carbocycles. The molecule has 2 aromatic rings. The number of rotatable bonds is 2. The number of anilines is 1. The van der Waals surface area contributed by atoms with Crippen molar-refractivity contribution in [3.8, 4) is 11.5 Å². The van der Waals surface area contributed by atoms with E-state index < -0.39 is 5.82 Å². The third kappa shape index (κ3) is 2.96. The number of nitrogens with two attached hydrogens (primary N) is 1. The van der Waals surface area contributed by atoms with Gasteiger partial charge < -0.3 is 10.5 Å². The highest BCUT2D eigenvalue weighted by Gasteiger charge is 2.10. The summed E-state index contributed by atoms with van der Waals surface area (Å²) >= 11 is 12.2. The van der Waals surface area contributed by atoms with E-state index in [4.69, 9.17) is 22.1 Å². The van der Waals surface area contributed by atoms with Crippen LogP contribution in [0.15, 0.2) is 39.3 Å². The van der Waals surface area contributed by atoms with Gasteiger partial charge in [0.05, 0.1) is 14.6 Å². The molecule has 0 atom stereocenters. The Morgan fingerprint density at radius 2 is 1.78 bits per heavy atom. The highest BCUT2D eigenvalue weighted by molar-refractivity contribution is 9.10. The normalized spacial score (nSPS) is 10.4. The van der Waals surface area contributed by atoms with E-state index in [0.717, 1.165) is 0 Å². The Labute approximate surface area is 125 Å². The standard InChI is InChI=1S/C12H7Br2ClFNO/c13-7-4-10(17)12(5-9(7)16)18-11-2-1-6(15)3-8(11)14/h1-5H,17H2. The van der Waals surface area contributed by atoms with Crippen LogP contribution in [-0.2, 0) is 0 Å². The molecule has 94 valence electrons. The van der Waals surface area contributed by atoms with E-state index in [0.29, 0.717) is 25.4 Å². The molecule has 0 fully saturated rings. The minimum atomic E-state index is -0.440. The molecule has 0 spiro atoms. The summed E-state index contributed by atoms with van der Waals surface area (Å²) in [6, 6.07) is 7.70. The minimum absolute atomic E-state index is 0.249. The Balaban J connectivity index is 2.37. The van der Waals surface area contributed by atoms with Crippen LogP contribution in [0.2, 0.25) is 5.02 Å². The number of ether oxygens (including phenoxy) is 1. The predicted molar refractivity (Wildman–Crippen MR) is 77.7 cm³/mol. The zero-order chi connectivity index (χ0) is 13.3. The van der Waals surface area contributed by atoms with Gasteiger partial charge in [0.1, 0.15) is 11.6 Å². The summed E-state index contributed by atoms with van der Waals surface area (Å²) < 4.78 is 19.9. The lowest BCUT2D eigenvalue weighted by Crippen LogP contribution is -1.94. The molecule has 0 saturated carbocycles. The van der Waals surface area contributed by atoms with E-state index in [1.54, 1.807) is 18.2 Å². The molecule has 0 saturated heterocycles. The molecule has 0 aromatic heterocycles. The SMILES string of the molecule is Nc1cc(Br)c(F)cc1Oc1ccc(Cl)cc1Br. The zero-order valence-electron chi connectivity index (χ0n) is 8.88. The average Bonchev–Trinajstić information content (AvgIpc) is 2.29. The quantitative estimate of drug-likeness (QED) is 0.693. The lowest BCUT2D eigenvalue weighted by molar-refractivity contribution is 0.476. The van der Waals surface area contributed by atoms with Crippen LogP contribution < -0.4 is 10.5 Å². The van der Waals surface area contributed by atoms with Crippen molar-refractivity contribution < 1.29 is 9.13 Å². The molecule has 2 rings (SSSR count). The summed E-state index contributed by atoms with van der Waals surface area (Å²) in [5, 5.41) is 0.573. The number of hydrogen-bond acceptors (Lipinski definition) is 2. The van der Waals surface area contributed by atoms with E-state index in [1.807, 2.05) is 0 Å². The molecule has 2 nitrogen and oxygen atoms in total. The highest BCUT2D eigenvalue weighted by atomic mass is 79.9. The van der Waals surface area contributed by atoms with Gasteiger partial charge in [0, 0.05) is 11.1 Å². The third-order valence-corrected chi connectivity index (χ3v) is 3.63. The molecular formula is C12H7Br2ClFNO. The van der Waals surface area contributed by atoms with Gasteiger partial charge in [0.2, 0.25) is 0 Å². The summed E-state index contributed by atoms with van der Waals surface area (Å²) in [4.78, 5) is 0. The number of halogens is 4. The number of nitrogen functional groups attached to an aromatic ring is 1. The first-order valence-electron chi connectivity index (χ1n) is 4.85. The Bertz CT molecular complexity index is 607. The van der Waals surface area contributed by atoms with E-state index in [1.165, 1.54) is 12.1 Å². The van der Waals surface area contributed by atoms with Crippen LogP contribution in [0, 0.1) is 5.82 Å². The second kappa shape index (κ2) is 5.47. The summed E-state index contributed by atoms with van der Waals surface area (Å²) in [6.45, 7) is 0. The summed E-state index contributed by atoms with van der Waals surface area (Å²) in [6.07, 6.45) is 0.